The Labute approximate surface area is 182 Å². The second-order valence-electron chi connectivity index (χ2n) is 7.62. The summed E-state index contributed by atoms with van der Waals surface area (Å²) in [7, 11) is 1.63. The Morgan fingerprint density at radius 3 is 2.55 bits per heavy atom. The van der Waals surface area contributed by atoms with Crippen molar-refractivity contribution in [2.24, 2.45) is 0 Å². The molecule has 4 rings (SSSR count). The highest BCUT2D eigenvalue weighted by molar-refractivity contribution is 5.92. The number of benzene rings is 2. The zero-order chi connectivity index (χ0) is 21.6. The molecule has 0 N–H and O–H groups in total. The van der Waals surface area contributed by atoms with Crippen molar-refractivity contribution < 1.29 is 14.3 Å². The quantitative estimate of drug-likeness (QED) is 0.588. The van der Waals surface area contributed by atoms with Crippen LogP contribution < -0.4 is 9.47 Å². The van der Waals surface area contributed by atoms with Crippen LogP contribution in [0.5, 0.6) is 11.5 Å². The fourth-order valence-electron chi connectivity index (χ4n) is 3.70. The van der Waals surface area contributed by atoms with Gasteiger partial charge in [0.1, 0.15) is 23.8 Å². The zero-order valence-electron chi connectivity index (χ0n) is 18.0. The summed E-state index contributed by atoms with van der Waals surface area (Å²) in [6.07, 6.45) is 1.81. The molecular weight excluding hydrogens is 392 g/mol. The molecule has 2 aromatic carbocycles. The van der Waals surface area contributed by atoms with Gasteiger partial charge in [-0.25, -0.2) is 4.68 Å². The van der Waals surface area contributed by atoms with Gasteiger partial charge < -0.3 is 14.4 Å². The first kappa shape index (κ1) is 20.9. The molecule has 1 fully saturated rings. The minimum absolute atomic E-state index is 0.0365. The number of aryl methyl sites for hydroxylation is 1. The van der Waals surface area contributed by atoms with Crippen LogP contribution in [0.4, 0.5) is 0 Å². The molecule has 0 saturated carbocycles. The molecule has 162 valence electrons. The Bertz CT molecular complexity index is 1010. The predicted octanol–water partition coefficient (Wildman–Crippen LogP) is 3.03. The van der Waals surface area contributed by atoms with Crippen LogP contribution in [0.25, 0.3) is 5.69 Å². The van der Waals surface area contributed by atoms with E-state index in [0.717, 1.165) is 42.4 Å². The van der Waals surface area contributed by atoms with Crippen molar-refractivity contribution >= 4 is 5.91 Å². The van der Waals surface area contributed by atoms with Gasteiger partial charge in [-0.1, -0.05) is 24.3 Å². The van der Waals surface area contributed by atoms with E-state index in [1.54, 1.807) is 17.9 Å². The lowest BCUT2D eigenvalue weighted by Crippen LogP contribution is -2.49. The van der Waals surface area contributed by atoms with Crippen LogP contribution in [0.3, 0.4) is 0 Å². The maximum absolute atomic E-state index is 12.9. The van der Waals surface area contributed by atoms with E-state index in [9.17, 15) is 4.79 Å². The third kappa shape index (κ3) is 5.06. The van der Waals surface area contributed by atoms with Crippen LogP contribution in [0, 0.1) is 6.92 Å². The van der Waals surface area contributed by atoms with E-state index in [1.165, 1.54) is 0 Å². The molecule has 0 radical (unpaired) electrons. The highest BCUT2D eigenvalue weighted by Crippen LogP contribution is 2.23. The fraction of sp³-hybridized carbons (Fsp3) is 0.333. The lowest BCUT2D eigenvalue weighted by Gasteiger charge is -2.34. The van der Waals surface area contributed by atoms with Crippen molar-refractivity contribution in [3.8, 4) is 17.2 Å². The average molecular weight is 421 g/mol. The number of nitrogens with zero attached hydrogens (tertiary/aromatic N) is 4. The topological polar surface area (TPSA) is 59.8 Å². The second kappa shape index (κ2) is 9.66. The average Bonchev–Trinajstić information content (AvgIpc) is 3.30. The number of para-hydroxylation sites is 1. The monoisotopic (exact) mass is 420 g/mol. The van der Waals surface area contributed by atoms with Gasteiger partial charge in [-0.15, -0.1) is 0 Å². The van der Waals surface area contributed by atoms with Crippen LogP contribution in [-0.2, 0) is 0 Å². The Morgan fingerprint density at radius 1 is 1.03 bits per heavy atom. The Kier molecular flexibility index (Phi) is 6.52. The van der Waals surface area contributed by atoms with Crippen LogP contribution >= 0.6 is 0 Å². The highest BCUT2D eigenvalue weighted by Gasteiger charge is 2.24. The van der Waals surface area contributed by atoms with E-state index < -0.39 is 0 Å². The lowest BCUT2D eigenvalue weighted by molar-refractivity contribution is 0.0614. The van der Waals surface area contributed by atoms with E-state index in [-0.39, 0.29) is 5.91 Å². The molecule has 3 aromatic rings. The lowest BCUT2D eigenvalue weighted by atomic mass is 10.2. The normalized spacial score (nSPS) is 14.5. The number of ether oxygens (including phenoxy) is 2. The van der Waals surface area contributed by atoms with Gasteiger partial charge >= 0.3 is 0 Å². The van der Waals surface area contributed by atoms with Crippen molar-refractivity contribution in [3.63, 3.8) is 0 Å². The SMILES string of the molecule is COc1ccc(C)cc1-n1ccc(C(=O)N2CCN(CCOc3ccccc3)CC2)n1. The Hall–Kier alpha value is -3.32. The number of methoxy groups -OCH3 is 1. The molecule has 0 unspecified atom stereocenters. The van der Waals surface area contributed by atoms with Crippen LogP contribution in [0.15, 0.2) is 60.8 Å². The standard InChI is InChI=1S/C24H28N4O3/c1-19-8-9-23(30-2)22(18-19)28-11-10-21(25-28)24(29)27-14-12-26(13-15-27)16-17-31-20-6-4-3-5-7-20/h3-11,18H,12-17H2,1-2H3. The summed E-state index contributed by atoms with van der Waals surface area (Å²) in [6, 6.07) is 17.5. The van der Waals surface area contributed by atoms with Gasteiger partial charge in [0.25, 0.3) is 5.91 Å². The van der Waals surface area contributed by atoms with Crippen LogP contribution in [0.2, 0.25) is 0 Å². The number of piperazine rings is 1. The predicted molar refractivity (Wildman–Crippen MR) is 119 cm³/mol. The van der Waals surface area contributed by atoms with E-state index in [4.69, 9.17) is 9.47 Å². The number of carbonyl (C=O) groups excluding carboxylic acids is 1. The van der Waals surface area contributed by atoms with E-state index in [0.29, 0.717) is 25.4 Å². The third-order valence-corrected chi connectivity index (χ3v) is 5.47. The summed E-state index contributed by atoms with van der Waals surface area (Å²) < 4.78 is 12.9. The molecule has 0 aliphatic carbocycles. The summed E-state index contributed by atoms with van der Waals surface area (Å²) >= 11 is 0. The van der Waals surface area contributed by atoms with Crippen molar-refractivity contribution in [3.05, 3.63) is 72.1 Å². The zero-order valence-corrected chi connectivity index (χ0v) is 18.0. The minimum atomic E-state index is -0.0365. The molecule has 7 nitrogen and oxygen atoms in total. The summed E-state index contributed by atoms with van der Waals surface area (Å²) in [5.74, 6) is 1.57. The molecular formula is C24H28N4O3. The smallest absolute Gasteiger partial charge is 0.274 e. The molecule has 1 saturated heterocycles. The first-order valence-corrected chi connectivity index (χ1v) is 10.5. The molecule has 7 heteroatoms. The van der Waals surface area contributed by atoms with Gasteiger partial charge in [0.2, 0.25) is 0 Å². The molecule has 0 spiro atoms. The van der Waals surface area contributed by atoms with Crippen molar-refractivity contribution in [1.29, 1.82) is 0 Å². The van der Waals surface area contributed by atoms with Gasteiger partial charge in [-0.3, -0.25) is 9.69 Å². The molecule has 1 aliphatic heterocycles. The van der Waals surface area contributed by atoms with Gasteiger partial charge in [-0.2, -0.15) is 5.10 Å². The van der Waals surface area contributed by atoms with Crippen LogP contribution in [-0.4, -0.2) is 71.9 Å². The Balaban J connectivity index is 1.31. The van der Waals surface area contributed by atoms with Gasteiger partial charge in [-0.05, 0) is 42.8 Å². The van der Waals surface area contributed by atoms with Crippen molar-refractivity contribution in [2.45, 2.75) is 6.92 Å². The Morgan fingerprint density at radius 2 is 1.81 bits per heavy atom. The van der Waals surface area contributed by atoms with Crippen molar-refractivity contribution in [1.82, 2.24) is 19.6 Å². The molecule has 2 heterocycles. The minimum Gasteiger partial charge on any atom is -0.494 e. The molecule has 31 heavy (non-hydrogen) atoms. The number of amides is 1. The summed E-state index contributed by atoms with van der Waals surface area (Å²) in [5.41, 5.74) is 2.38. The van der Waals surface area contributed by atoms with Gasteiger partial charge in [0.05, 0.1) is 7.11 Å². The number of carbonyl (C=O) groups is 1. The molecule has 1 aliphatic rings. The first-order chi connectivity index (χ1) is 15.1. The fourth-order valence-corrected chi connectivity index (χ4v) is 3.70. The molecule has 0 bridgehead atoms. The maximum atomic E-state index is 12.9. The summed E-state index contributed by atoms with van der Waals surface area (Å²) in [6.45, 7) is 6.53. The number of hydrogen-bond donors (Lipinski definition) is 0. The third-order valence-electron chi connectivity index (χ3n) is 5.47. The van der Waals surface area contributed by atoms with Gasteiger partial charge in [0.15, 0.2) is 5.69 Å². The second-order valence-corrected chi connectivity index (χ2v) is 7.62. The van der Waals surface area contributed by atoms with E-state index >= 15 is 0 Å². The van der Waals surface area contributed by atoms with E-state index in [2.05, 4.69) is 10.00 Å². The van der Waals surface area contributed by atoms with Gasteiger partial charge in [0, 0.05) is 38.9 Å². The maximum Gasteiger partial charge on any atom is 0.274 e. The largest absolute Gasteiger partial charge is 0.494 e. The summed E-state index contributed by atoms with van der Waals surface area (Å²) in [4.78, 5) is 17.1. The molecule has 1 amide bonds. The first-order valence-electron chi connectivity index (χ1n) is 10.5. The van der Waals surface area contributed by atoms with Crippen molar-refractivity contribution in [2.75, 3.05) is 46.4 Å². The molecule has 0 atom stereocenters. The highest BCUT2D eigenvalue weighted by atomic mass is 16.5. The van der Waals surface area contributed by atoms with E-state index in [1.807, 2.05) is 66.6 Å². The number of hydrogen-bond acceptors (Lipinski definition) is 5. The van der Waals surface area contributed by atoms with Crippen LogP contribution in [0.1, 0.15) is 16.1 Å². The number of rotatable bonds is 7. The summed E-state index contributed by atoms with van der Waals surface area (Å²) in [5, 5.41) is 4.52. The number of aromatic nitrogens is 2. The molecule has 1 aromatic heterocycles.